The number of fused-ring (bicyclic) bond motifs is 1. The van der Waals surface area contributed by atoms with E-state index in [4.69, 9.17) is 0 Å². The molecule has 27 heavy (non-hydrogen) atoms. The van der Waals surface area contributed by atoms with Crippen molar-refractivity contribution in [3.05, 3.63) is 70.8 Å². The topological polar surface area (TPSA) is 3.88 Å². The Labute approximate surface area is 166 Å². The van der Waals surface area contributed by atoms with Crippen molar-refractivity contribution in [2.24, 2.45) is 5.41 Å². The molecule has 0 unspecified atom stereocenters. The highest BCUT2D eigenvalue weighted by Crippen LogP contribution is 2.38. The first-order chi connectivity index (χ1) is 12.9. The molecule has 0 N–H and O–H groups in total. The Morgan fingerprint density at radius 1 is 1.04 bits per heavy atom. The molecule has 3 aromatic rings. The van der Waals surface area contributed by atoms with Crippen LogP contribution in [0.4, 0.5) is 0 Å². The predicted molar refractivity (Wildman–Crippen MR) is 118 cm³/mol. The Kier molecular flexibility index (Phi) is 4.77. The summed E-state index contributed by atoms with van der Waals surface area (Å²) in [5.74, 6) is 0. The second-order valence-electron chi connectivity index (χ2n) is 8.46. The number of nitrogens with zero attached hydrogens (tertiary/aromatic N) is 1. The molecule has 1 heterocycles. The van der Waals surface area contributed by atoms with Crippen molar-refractivity contribution in [2.75, 3.05) is 0 Å². The van der Waals surface area contributed by atoms with Crippen LogP contribution in [0.25, 0.3) is 27.4 Å². The standard InChI is InChI=1S/C25H28NS/c1-5-26-22-15-21(20-9-7-6-8-10-20)11-12-23(22)27-24(26)14-19-13-18(2)16-25(3,4)17-19/h6-15H,5,16-17H2,1-4H3/q+1. The van der Waals surface area contributed by atoms with Gasteiger partial charge in [-0.3, -0.25) is 0 Å². The Hall–Kier alpha value is -2.19. The van der Waals surface area contributed by atoms with Gasteiger partial charge in [0, 0.05) is 12.1 Å². The lowest BCUT2D eigenvalue weighted by molar-refractivity contribution is -0.665. The molecule has 0 fully saturated rings. The third-order valence-corrected chi connectivity index (χ3v) is 6.45. The van der Waals surface area contributed by atoms with Gasteiger partial charge in [0.05, 0.1) is 0 Å². The van der Waals surface area contributed by atoms with E-state index in [-0.39, 0.29) is 0 Å². The third kappa shape index (κ3) is 3.77. The number of hydrogen-bond donors (Lipinski definition) is 0. The number of allylic oxidation sites excluding steroid dienone is 3. The molecule has 0 aliphatic heterocycles. The summed E-state index contributed by atoms with van der Waals surface area (Å²) in [6.07, 6.45) is 7.16. The number of rotatable bonds is 3. The van der Waals surface area contributed by atoms with Crippen LogP contribution in [0.3, 0.4) is 0 Å². The Morgan fingerprint density at radius 3 is 2.52 bits per heavy atom. The molecule has 1 aliphatic carbocycles. The third-order valence-electron chi connectivity index (χ3n) is 5.33. The number of hydrogen-bond acceptors (Lipinski definition) is 1. The van der Waals surface area contributed by atoms with E-state index >= 15 is 0 Å². The van der Waals surface area contributed by atoms with Crippen LogP contribution in [0.15, 0.2) is 65.8 Å². The number of aromatic nitrogens is 1. The van der Waals surface area contributed by atoms with Gasteiger partial charge in [-0.2, -0.15) is 4.57 Å². The molecular weight excluding hydrogens is 346 g/mol. The maximum absolute atomic E-state index is 2.46. The van der Waals surface area contributed by atoms with E-state index < -0.39 is 0 Å². The van der Waals surface area contributed by atoms with Crippen LogP contribution >= 0.6 is 11.3 Å². The Balaban J connectivity index is 1.80. The second kappa shape index (κ2) is 7.09. The minimum atomic E-state index is 0.360. The fourth-order valence-electron chi connectivity index (χ4n) is 4.38. The van der Waals surface area contributed by atoms with Gasteiger partial charge < -0.3 is 0 Å². The van der Waals surface area contributed by atoms with Gasteiger partial charge in [0.25, 0.3) is 5.01 Å². The van der Waals surface area contributed by atoms with E-state index in [2.05, 4.69) is 92.9 Å². The van der Waals surface area contributed by atoms with Crippen LogP contribution in [0, 0.1) is 5.41 Å². The van der Waals surface area contributed by atoms with Crippen molar-refractivity contribution >= 4 is 27.6 Å². The molecule has 1 aliphatic rings. The van der Waals surface area contributed by atoms with E-state index in [1.165, 1.54) is 43.9 Å². The van der Waals surface area contributed by atoms with E-state index in [1.807, 2.05) is 11.3 Å². The summed E-state index contributed by atoms with van der Waals surface area (Å²) < 4.78 is 3.82. The summed E-state index contributed by atoms with van der Waals surface area (Å²) in [4.78, 5) is 0. The summed E-state index contributed by atoms with van der Waals surface area (Å²) in [6.45, 7) is 10.3. The molecule has 138 valence electrons. The Bertz CT molecular complexity index is 1030. The lowest BCUT2D eigenvalue weighted by Gasteiger charge is -2.29. The Morgan fingerprint density at radius 2 is 1.81 bits per heavy atom. The number of aryl methyl sites for hydroxylation is 1. The minimum absolute atomic E-state index is 0.360. The van der Waals surface area contributed by atoms with Gasteiger partial charge >= 0.3 is 0 Å². The molecule has 0 spiro atoms. The van der Waals surface area contributed by atoms with E-state index in [0.29, 0.717) is 5.41 Å². The molecule has 0 bridgehead atoms. The average molecular weight is 375 g/mol. The first-order valence-corrected chi connectivity index (χ1v) is 10.7. The van der Waals surface area contributed by atoms with Crippen molar-refractivity contribution < 1.29 is 4.57 Å². The first kappa shape index (κ1) is 18.2. The maximum atomic E-state index is 2.46. The van der Waals surface area contributed by atoms with Gasteiger partial charge in [-0.15, -0.1) is 0 Å². The molecule has 2 heteroatoms. The fraction of sp³-hybridized carbons (Fsp3) is 0.320. The van der Waals surface area contributed by atoms with Gasteiger partial charge in [0.2, 0.25) is 5.52 Å². The van der Waals surface area contributed by atoms with Crippen molar-refractivity contribution in [2.45, 2.75) is 47.1 Å². The summed E-state index contributed by atoms with van der Waals surface area (Å²) in [6, 6.07) is 17.5. The zero-order valence-electron chi connectivity index (χ0n) is 16.8. The highest BCUT2D eigenvalue weighted by Gasteiger charge is 2.25. The van der Waals surface area contributed by atoms with Gasteiger partial charge in [0.15, 0.2) is 0 Å². The first-order valence-electron chi connectivity index (χ1n) is 9.85. The summed E-state index contributed by atoms with van der Waals surface area (Å²) >= 11 is 1.90. The molecule has 0 atom stereocenters. The van der Waals surface area contributed by atoms with Crippen LogP contribution in [0.2, 0.25) is 0 Å². The summed E-state index contributed by atoms with van der Waals surface area (Å²) in [7, 11) is 0. The monoisotopic (exact) mass is 374 g/mol. The van der Waals surface area contributed by atoms with Crippen LogP contribution in [0.1, 0.15) is 45.5 Å². The van der Waals surface area contributed by atoms with E-state index in [9.17, 15) is 0 Å². The fourth-order valence-corrected chi connectivity index (χ4v) is 5.57. The molecule has 4 rings (SSSR count). The van der Waals surface area contributed by atoms with Gasteiger partial charge in [-0.1, -0.05) is 73.2 Å². The lowest BCUT2D eigenvalue weighted by Crippen LogP contribution is -2.33. The average Bonchev–Trinajstić information content (AvgIpc) is 2.96. The maximum Gasteiger partial charge on any atom is 0.263 e. The van der Waals surface area contributed by atoms with E-state index in [1.54, 1.807) is 0 Å². The largest absolute Gasteiger partial charge is 0.263 e. The van der Waals surface area contributed by atoms with Crippen molar-refractivity contribution in [3.8, 4) is 11.1 Å². The van der Waals surface area contributed by atoms with Crippen LogP contribution in [0.5, 0.6) is 0 Å². The summed E-state index contributed by atoms with van der Waals surface area (Å²) in [5.41, 5.74) is 7.22. The summed E-state index contributed by atoms with van der Waals surface area (Å²) in [5, 5.41) is 1.36. The van der Waals surface area contributed by atoms with Crippen LogP contribution < -0.4 is 4.57 Å². The second-order valence-corrected chi connectivity index (χ2v) is 9.52. The number of benzene rings is 2. The van der Waals surface area contributed by atoms with Crippen molar-refractivity contribution in [1.82, 2.24) is 0 Å². The zero-order chi connectivity index (χ0) is 19.0. The molecule has 1 aromatic heterocycles. The highest BCUT2D eigenvalue weighted by atomic mass is 32.1. The lowest BCUT2D eigenvalue weighted by atomic mass is 9.75. The molecule has 0 saturated carbocycles. The quantitative estimate of drug-likeness (QED) is 0.433. The molecule has 1 nitrogen and oxygen atoms in total. The molecular formula is C25H28NS+. The zero-order valence-corrected chi connectivity index (χ0v) is 17.6. The van der Waals surface area contributed by atoms with Gasteiger partial charge in [0.1, 0.15) is 11.2 Å². The van der Waals surface area contributed by atoms with Crippen LogP contribution in [-0.4, -0.2) is 0 Å². The minimum Gasteiger partial charge on any atom is -0.182 e. The normalized spacial score (nSPS) is 18.1. The molecule has 0 saturated heterocycles. The van der Waals surface area contributed by atoms with E-state index in [0.717, 1.165) is 13.0 Å². The molecule has 0 amide bonds. The SMILES string of the molecule is CC[n+]1c(C=C2C=C(C)CC(C)(C)C2)sc2ccc(-c3ccccc3)cc21. The number of thiazole rings is 1. The predicted octanol–water partition coefficient (Wildman–Crippen LogP) is 7.03. The smallest absolute Gasteiger partial charge is 0.182 e. The molecule has 2 aromatic carbocycles. The van der Waals surface area contributed by atoms with Crippen molar-refractivity contribution in [1.29, 1.82) is 0 Å². The van der Waals surface area contributed by atoms with Gasteiger partial charge in [-0.05, 0) is 54.9 Å². The molecule has 0 radical (unpaired) electrons. The highest BCUT2D eigenvalue weighted by molar-refractivity contribution is 7.18. The van der Waals surface area contributed by atoms with Crippen molar-refractivity contribution in [3.63, 3.8) is 0 Å². The van der Waals surface area contributed by atoms with Crippen LogP contribution in [-0.2, 0) is 6.54 Å². The van der Waals surface area contributed by atoms with Gasteiger partial charge in [-0.25, -0.2) is 0 Å².